The highest BCUT2D eigenvalue weighted by molar-refractivity contribution is 6.58. The van der Waals surface area contributed by atoms with Gasteiger partial charge in [0.2, 0.25) is 0 Å². The molecule has 0 unspecified atom stereocenters. The molecule has 0 aliphatic heterocycles. The van der Waals surface area contributed by atoms with Crippen molar-refractivity contribution in [2.24, 2.45) is 17.2 Å². The van der Waals surface area contributed by atoms with E-state index in [0.717, 1.165) is 0 Å². The fraction of sp³-hybridized carbons (Fsp3) is 1.00. The topological polar surface area (TPSA) is 227 Å². The lowest BCUT2D eigenvalue weighted by atomic mass is 10.2. The van der Waals surface area contributed by atoms with Crippen LogP contribution in [0.1, 0.15) is 26.2 Å². The standard InChI is InChI=1S/C13H37N3O9Si3/c1-12(24-27(19,20)9-3-6-15)13(25-28(21,22)10-4-7-16)11-23-26(17,18)8-2-5-14/h12-13,17-22H,2-11,14-16H2,1H3/t12-,13+/m1/s1. The normalized spacial score (nSPS) is 15.6. The molecule has 0 fully saturated rings. The molecule has 0 heterocycles. The second kappa shape index (κ2) is 13.5. The van der Waals surface area contributed by atoms with Gasteiger partial charge in [-0.2, -0.15) is 0 Å². The average Bonchev–Trinajstić information content (AvgIpc) is 2.59. The fourth-order valence-corrected chi connectivity index (χ4v) is 6.58. The fourth-order valence-electron chi connectivity index (χ4n) is 2.28. The summed E-state index contributed by atoms with van der Waals surface area (Å²) in [7, 11) is -12.2. The van der Waals surface area contributed by atoms with Crippen LogP contribution in [0.4, 0.5) is 0 Å². The summed E-state index contributed by atoms with van der Waals surface area (Å²) in [6.07, 6.45) is -1.21. The number of hydrogen-bond donors (Lipinski definition) is 9. The van der Waals surface area contributed by atoms with E-state index in [2.05, 4.69) is 0 Å². The Hall–Kier alpha value is 0.171. The summed E-state index contributed by atoms with van der Waals surface area (Å²) < 4.78 is 15.8. The molecule has 0 spiro atoms. The second-order valence-electron chi connectivity index (χ2n) is 6.70. The Labute approximate surface area is 168 Å². The van der Waals surface area contributed by atoms with Gasteiger partial charge in [0, 0.05) is 18.1 Å². The van der Waals surface area contributed by atoms with Crippen molar-refractivity contribution < 1.29 is 42.1 Å². The molecule has 0 aliphatic rings. The third-order valence-corrected chi connectivity index (χ3v) is 8.91. The molecule has 0 amide bonds. The van der Waals surface area contributed by atoms with Gasteiger partial charge in [0.15, 0.2) is 0 Å². The van der Waals surface area contributed by atoms with Crippen molar-refractivity contribution in [1.82, 2.24) is 0 Å². The van der Waals surface area contributed by atoms with Crippen LogP contribution < -0.4 is 17.2 Å². The van der Waals surface area contributed by atoms with Gasteiger partial charge >= 0.3 is 26.4 Å². The Morgan fingerprint density at radius 1 is 0.679 bits per heavy atom. The van der Waals surface area contributed by atoms with E-state index < -0.39 is 45.2 Å². The zero-order chi connectivity index (χ0) is 21.8. The van der Waals surface area contributed by atoms with Crippen LogP contribution in [0.2, 0.25) is 18.1 Å². The van der Waals surface area contributed by atoms with Crippen molar-refractivity contribution in [2.75, 3.05) is 26.2 Å². The van der Waals surface area contributed by atoms with Crippen molar-refractivity contribution >= 4 is 26.4 Å². The van der Waals surface area contributed by atoms with Crippen LogP contribution in [0.15, 0.2) is 0 Å². The molecule has 12 nitrogen and oxygen atoms in total. The van der Waals surface area contributed by atoms with Gasteiger partial charge in [0.25, 0.3) is 0 Å². The van der Waals surface area contributed by atoms with Crippen LogP contribution in [0.5, 0.6) is 0 Å². The minimum absolute atomic E-state index is 0.0331. The molecule has 0 aliphatic carbocycles. The first-order valence-corrected chi connectivity index (χ1v) is 15.3. The Bertz CT molecular complexity index is 422. The van der Waals surface area contributed by atoms with Gasteiger partial charge in [-0.05, 0) is 45.8 Å². The Balaban J connectivity index is 5.09. The lowest BCUT2D eigenvalue weighted by Crippen LogP contribution is -2.53. The van der Waals surface area contributed by atoms with Crippen molar-refractivity contribution in [2.45, 2.75) is 56.5 Å². The van der Waals surface area contributed by atoms with Gasteiger partial charge in [0.05, 0.1) is 18.8 Å². The molecular formula is C13H37N3O9Si3. The third kappa shape index (κ3) is 13.4. The van der Waals surface area contributed by atoms with Crippen molar-refractivity contribution in [1.29, 1.82) is 0 Å². The first-order valence-electron chi connectivity index (χ1n) is 9.32. The minimum Gasteiger partial charge on any atom is -0.390 e. The third-order valence-electron chi connectivity index (χ3n) is 3.84. The van der Waals surface area contributed by atoms with E-state index in [9.17, 15) is 28.8 Å². The van der Waals surface area contributed by atoms with Crippen LogP contribution in [0, 0.1) is 0 Å². The van der Waals surface area contributed by atoms with Crippen LogP contribution in [-0.4, -0.2) is 93.6 Å². The Kier molecular flexibility index (Phi) is 13.6. The summed E-state index contributed by atoms with van der Waals surface area (Å²) in [5.41, 5.74) is 16.1. The molecule has 0 aromatic heterocycles. The van der Waals surface area contributed by atoms with E-state index in [1.54, 1.807) is 0 Å². The molecule has 15 heteroatoms. The van der Waals surface area contributed by atoms with Gasteiger partial charge in [-0.1, -0.05) is 0 Å². The van der Waals surface area contributed by atoms with Crippen LogP contribution in [0.25, 0.3) is 0 Å². The molecule has 0 rings (SSSR count). The maximum absolute atomic E-state index is 10.1. The molecule has 28 heavy (non-hydrogen) atoms. The maximum Gasteiger partial charge on any atom is 0.495 e. The van der Waals surface area contributed by atoms with Gasteiger partial charge in [-0.15, -0.1) is 0 Å². The number of rotatable bonds is 17. The maximum atomic E-state index is 10.1. The van der Waals surface area contributed by atoms with Gasteiger partial charge in [-0.3, -0.25) is 0 Å². The minimum atomic E-state index is -4.15. The summed E-state index contributed by atoms with van der Waals surface area (Å²) in [5, 5.41) is 0. The summed E-state index contributed by atoms with van der Waals surface area (Å²) >= 11 is 0. The van der Waals surface area contributed by atoms with E-state index in [-0.39, 0.29) is 37.8 Å². The van der Waals surface area contributed by atoms with E-state index >= 15 is 0 Å². The first-order chi connectivity index (χ1) is 12.9. The van der Waals surface area contributed by atoms with E-state index in [0.29, 0.717) is 19.3 Å². The smallest absolute Gasteiger partial charge is 0.390 e. The SMILES string of the molecule is C[C@@H](O[Si](O)(O)CCCN)[C@H](CO[Si](O)(O)CCCN)O[Si](O)(O)CCCN. The molecule has 0 aromatic rings. The van der Waals surface area contributed by atoms with E-state index in [1.165, 1.54) is 6.92 Å². The molecule has 0 aromatic carbocycles. The van der Waals surface area contributed by atoms with Crippen LogP contribution in [0.3, 0.4) is 0 Å². The quantitative estimate of drug-likeness (QED) is 0.0962. The van der Waals surface area contributed by atoms with E-state index in [1.807, 2.05) is 0 Å². The highest BCUT2D eigenvalue weighted by Gasteiger charge is 2.42. The molecule has 170 valence electrons. The van der Waals surface area contributed by atoms with Gasteiger partial charge in [0.1, 0.15) is 0 Å². The largest absolute Gasteiger partial charge is 0.495 e. The van der Waals surface area contributed by atoms with Crippen LogP contribution >= 0.6 is 0 Å². The highest BCUT2D eigenvalue weighted by Crippen LogP contribution is 2.19. The summed E-state index contributed by atoms with van der Waals surface area (Å²) in [5.74, 6) is 0. The zero-order valence-electron chi connectivity index (χ0n) is 16.4. The summed E-state index contributed by atoms with van der Waals surface area (Å²) in [6.45, 7) is 1.74. The van der Waals surface area contributed by atoms with Crippen molar-refractivity contribution in [3.8, 4) is 0 Å². The molecule has 0 radical (unpaired) electrons. The second-order valence-corrected chi connectivity index (χ2v) is 13.4. The van der Waals surface area contributed by atoms with E-state index in [4.69, 9.17) is 30.5 Å². The first kappa shape index (κ1) is 28.2. The van der Waals surface area contributed by atoms with Crippen molar-refractivity contribution in [3.05, 3.63) is 0 Å². The highest BCUT2D eigenvalue weighted by atomic mass is 28.4. The predicted molar refractivity (Wildman–Crippen MR) is 107 cm³/mol. The average molecular weight is 464 g/mol. The zero-order valence-corrected chi connectivity index (χ0v) is 19.4. The molecule has 0 saturated heterocycles. The summed E-state index contributed by atoms with van der Waals surface area (Å²) in [6, 6.07) is -0.145. The van der Waals surface area contributed by atoms with Crippen LogP contribution in [-0.2, 0) is 13.3 Å². The molecule has 0 saturated carbocycles. The number of hydrogen-bond acceptors (Lipinski definition) is 12. The Morgan fingerprint density at radius 3 is 1.50 bits per heavy atom. The lowest BCUT2D eigenvalue weighted by Gasteiger charge is -2.33. The molecular weight excluding hydrogens is 426 g/mol. The molecule has 12 N–H and O–H groups in total. The van der Waals surface area contributed by atoms with Gasteiger partial charge in [-0.25, -0.2) is 0 Å². The Morgan fingerprint density at radius 2 is 1.07 bits per heavy atom. The molecule has 2 atom stereocenters. The summed E-state index contributed by atoms with van der Waals surface area (Å²) in [4.78, 5) is 60.2. The van der Waals surface area contributed by atoms with Crippen molar-refractivity contribution in [3.63, 3.8) is 0 Å². The number of nitrogens with two attached hydrogens (primary N) is 3. The monoisotopic (exact) mass is 463 g/mol. The lowest BCUT2D eigenvalue weighted by molar-refractivity contribution is -0.0430. The molecule has 0 bridgehead atoms. The van der Waals surface area contributed by atoms with Gasteiger partial charge < -0.3 is 59.3 Å². The predicted octanol–water partition coefficient (Wildman–Crippen LogP) is -3.39.